The molecule has 0 saturated heterocycles. The summed E-state index contributed by atoms with van der Waals surface area (Å²) in [6.07, 6.45) is 0. The topological polar surface area (TPSA) is 82.6 Å². The summed E-state index contributed by atoms with van der Waals surface area (Å²) in [6.45, 7) is 7.60. The summed E-state index contributed by atoms with van der Waals surface area (Å²) in [6, 6.07) is 17.7. The first-order valence-corrected chi connectivity index (χ1v) is 12.8. The SMILES string of the molecule is CCNC(=NCc1ccccc1CS(=O)(=O)NC(C)C)NCCSc1ccccc1.I. The van der Waals surface area contributed by atoms with E-state index in [2.05, 4.69) is 32.5 Å². The van der Waals surface area contributed by atoms with Gasteiger partial charge in [0.2, 0.25) is 10.0 Å². The van der Waals surface area contributed by atoms with Gasteiger partial charge in [-0.25, -0.2) is 18.1 Å². The van der Waals surface area contributed by atoms with E-state index in [1.165, 1.54) is 4.90 Å². The summed E-state index contributed by atoms with van der Waals surface area (Å²) in [5.41, 5.74) is 1.67. The summed E-state index contributed by atoms with van der Waals surface area (Å²) < 4.78 is 27.3. The number of thioether (sulfide) groups is 1. The molecule has 2 aromatic rings. The van der Waals surface area contributed by atoms with E-state index in [-0.39, 0.29) is 35.8 Å². The van der Waals surface area contributed by atoms with E-state index in [9.17, 15) is 8.42 Å². The summed E-state index contributed by atoms with van der Waals surface area (Å²) >= 11 is 1.79. The van der Waals surface area contributed by atoms with Gasteiger partial charge in [0.1, 0.15) is 0 Å². The first-order chi connectivity index (χ1) is 14.4. The molecule has 0 heterocycles. The molecule has 0 saturated carbocycles. The fourth-order valence-corrected chi connectivity index (χ4v) is 5.10. The molecule has 0 aliphatic rings. The molecule has 9 heteroatoms. The predicted octanol–water partition coefficient (Wildman–Crippen LogP) is 3.98. The van der Waals surface area contributed by atoms with Gasteiger partial charge in [0.25, 0.3) is 0 Å². The number of hydrogen-bond acceptors (Lipinski definition) is 4. The number of halogens is 1. The number of benzene rings is 2. The van der Waals surface area contributed by atoms with Gasteiger partial charge in [-0.1, -0.05) is 42.5 Å². The minimum absolute atomic E-state index is 0. The molecule has 0 amide bonds. The third-order valence-electron chi connectivity index (χ3n) is 4.04. The zero-order chi connectivity index (χ0) is 21.8. The van der Waals surface area contributed by atoms with E-state index in [0.29, 0.717) is 6.54 Å². The summed E-state index contributed by atoms with van der Waals surface area (Å²) in [4.78, 5) is 5.89. The molecule has 0 bridgehead atoms. The monoisotopic (exact) mass is 576 g/mol. The first kappa shape index (κ1) is 27.7. The van der Waals surface area contributed by atoms with Crippen LogP contribution in [-0.2, 0) is 22.3 Å². The lowest BCUT2D eigenvalue weighted by Gasteiger charge is -2.13. The van der Waals surface area contributed by atoms with Crippen molar-refractivity contribution in [3.05, 3.63) is 65.7 Å². The van der Waals surface area contributed by atoms with E-state index >= 15 is 0 Å². The van der Waals surface area contributed by atoms with Crippen molar-refractivity contribution in [2.24, 2.45) is 4.99 Å². The van der Waals surface area contributed by atoms with Crippen molar-refractivity contribution in [2.75, 3.05) is 18.8 Å². The molecule has 0 radical (unpaired) electrons. The lowest BCUT2D eigenvalue weighted by molar-refractivity contribution is 0.569. The Labute approximate surface area is 208 Å². The minimum atomic E-state index is -3.38. The number of sulfonamides is 1. The van der Waals surface area contributed by atoms with Crippen LogP contribution in [0, 0.1) is 0 Å². The van der Waals surface area contributed by atoms with E-state index in [4.69, 9.17) is 0 Å². The van der Waals surface area contributed by atoms with Gasteiger partial charge in [-0.2, -0.15) is 0 Å². The lowest BCUT2D eigenvalue weighted by atomic mass is 10.1. The van der Waals surface area contributed by atoms with Gasteiger partial charge in [0.05, 0.1) is 12.3 Å². The van der Waals surface area contributed by atoms with Crippen LogP contribution in [0.15, 0.2) is 64.5 Å². The minimum Gasteiger partial charge on any atom is -0.357 e. The number of rotatable bonds is 11. The standard InChI is InChI=1S/C22H32N4O2S2.HI/c1-4-23-22(24-14-15-29-21-12-6-5-7-13-21)25-16-19-10-8-9-11-20(19)17-30(27,28)26-18(2)3;/h5-13,18,26H,4,14-17H2,1-3H3,(H2,23,24,25);1H. The van der Waals surface area contributed by atoms with E-state index in [1.807, 2.05) is 63.2 Å². The Morgan fingerprint density at radius 2 is 1.65 bits per heavy atom. The van der Waals surface area contributed by atoms with Crippen molar-refractivity contribution in [1.29, 1.82) is 0 Å². The average molecular weight is 577 g/mol. The van der Waals surface area contributed by atoms with Crippen LogP contribution in [0.1, 0.15) is 31.9 Å². The predicted molar refractivity (Wildman–Crippen MR) is 143 cm³/mol. The Kier molecular flexibility index (Phi) is 13.2. The maximum atomic E-state index is 12.3. The highest BCUT2D eigenvalue weighted by Crippen LogP contribution is 2.16. The van der Waals surface area contributed by atoms with Gasteiger partial charge in [-0.3, -0.25) is 0 Å². The highest BCUT2D eigenvalue weighted by atomic mass is 127. The average Bonchev–Trinajstić information content (AvgIpc) is 2.69. The third-order valence-corrected chi connectivity index (χ3v) is 6.57. The number of aliphatic imine (C=N–C) groups is 1. The molecule has 0 aliphatic heterocycles. The molecule has 0 atom stereocenters. The molecule has 0 unspecified atom stereocenters. The molecular weight excluding hydrogens is 543 g/mol. The largest absolute Gasteiger partial charge is 0.357 e. The van der Waals surface area contributed by atoms with Crippen molar-refractivity contribution in [2.45, 2.75) is 44.0 Å². The van der Waals surface area contributed by atoms with Crippen molar-refractivity contribution in [3.8, 4) is 0 Å². The lowest BCUT2D eigenvalue weighted by Crippen LogP contribution is -2.38. The maximum Gasteiger partial charge on any atom is 0.216 e. The molecular formula is C22H33IN4O2S2. The van der Waals surface area contributed by atoms with E-state index in [1.54, 1.807) is 11.8 Å². The normalized spacial score (nSPS) is 11.8. The molecule has 2 aromatic carbocycles. The van der Waals surface area contributed by atoms with Gasteiger partial charge in [-0.05, 0) is 44.0 Å². The van der Waals surface area contributed by atoms with Gasteiger partial charge < -0.3 is 10.6 Å². The molecule has 0 fully saturated rings. The Hall–Kier alpha value is -1.30. The molecule has 0 spiro atoms. The van der Waals surface area contributed by atoms with Crippen LogP contribution >= 0.6 is 35.7 Å². The van der Waals surface area contributed by atoms with Crippen molar-refractivity contribution in [3.63, 3.8) is 0 Å². The number of nitrogens with one attached hydrogen (secondary N) is 3. The third kappa shape index (κ3) is 11.2. The molecule has 172 valence electrons. The Morgan fingerprint density at radius 3 is 2.29 bits per heavy atom. The summed E-state index contributed by atoms with van der Waals surface area (Å²) in [5.74, 6) is 1.60. The Morgan fingerprint density at radius 1 is 1.00 bits per heavy atom. The Balaban J connectivity index is 0.00000480. The van der Waals surface area contributed by atoms with Crippen LogP contribution in [0.25, 0.3) is 0 Å². The maximum absolute atomic E-state index is 12.3. The summed E-state index contributed by atoms with van der Waals surface area (Å²) in [5, 5.41) is 6.59. The van der Waals surface area contributed by atoms with Crippen molar-refractivity contribution in [1.82, 2.24) is 15.4 Å². The van der Waals surface area contributed by atoms with Gasteiger partial charge >= 0.3 is 0 Å². The molecule has 0 aromatic heterocycles. The quantitative estimate of drug-likeness (QED) is 0.124. The molecule has 2 rings (SSSR count). The van der Waals surface area contributed by atoms with Crippen molar-refractivity contribution >= 4 is 51.7 Å². The second kappa shape index (κ2) is 14.7. The molecule has 3 N–H and O–H groups in total. The second-order valence-corrected chi connectivity index (χ2v) is 10.0. The van der Waals surface area contributed by atoms with Crippen molar-refractivity contribution < 1.29 is 8.42 Å². The highest BCUT2D eigenvalue weighted by Gasteiger charge is 2.15. The van der Waals surface area contributed by atoms with Crippen LogP contribution in [-0.4, -0.2) is 39.3 Å². The smallest absolute Gasteiger partial charge is 0.216 e. The number of nitrogens with zero attached hydrogens (tertiary/aromatic N) is 1. The number of guanidine groups is 1. The first-order valence-electron chi connectivity index (χ1n) is 10.2. The summed E-state index contributed by atoms with van der Waals surface area (Å²) in [7, 11) is -3.38. The molecule has 31 heavy (non-hydrogen) atoms. The van der Waals surface area contributed by atoms with Crippen LogP contribution in [0.4, 0.5) is 0 Å². The second-order valence-electron chi connectivity index (χ2n) is 7.08. The van der Waals surface area contributed by atoms with Gasteiger partial charge in [0.15, 0.2) is 5.96 Å². The Bertz CT molecular complexity index is 907. The van der Waals surface area contributed by atoms with Crippen LogP contribution in [0.2, 0.25) is 0 Å². The fraction of sp³-hybridized carbons (Fsp3) is 0.409. The van der Waals surface area contributed by atoms with E-state index < -0.39 is 10.0 Å². The van der Waals surface area contributed by atoms with Gasteiger partial charge in [-0.15, -0.1) is 35.7 Å². The zero-order valence-corrected chi connectivity index (χ0v) is 22.3. The van der Waals surface area contributed by atoms with E-state index in [0.717, 1.165) is 35.9 Å². The fourth-order valence-electron chi connectivity index (χ4n) is 2.82. The highest BCUT2D eigenvalue weighted by molar-refractivity contribution is 14.0. The zero-order valence-electron chi connectivity index (χ0n) is 18.3. The van der Waals surface area contributed by atoms with Crippen LogP contribution < -0.4 is 15.4 Å². The number of hydrogen-bond donors (Lipinski definition) is 3. The van der Waals surface area contributed by atoms with Crippen LogP contribution in [0.5, 0.6) is 0 Å². The van der Waals surface area contributed by atoms with Gasteiger partial charge in [0, 0.05) is 29.8 Å². The van der Waals surface area contributed by atoms with Crippen LogP contribution in [0.3, 0.4) is 0 Å². The molecule has 6 nitrogen and oxygen atoms in total. The molecule has 0 aliphatic carbocycles.